The molecule has 0 aliphatic heterocycles. The van der Waals surface area contributed by atoms with Crippen LogP contribution in [0, 0.1) is 6.92 Å². The molecule has 9 heteroatoms. The zero-order chi connectivity index (χ0) is 20.8. The Balaban J connectivity index is 1.57. The first-order chi connectivity index (χ1) is 14.0. The van der Waals surface area contributed by atoms with Crippen molar-refractivity contribution in [3.63, 3.8) is 0 Å². The van der Waals surface area contributed by atoms with Crippen LogP contribution < -0.4 is 5.32 Å². The van der Waals surface area contributed by atoms with Crippen molar-refractivity contribution in [3.8, 4) is 5.69 Å². The molecular formula is C20H18N4O5. The summed E-state index contributed by atoms with van der Waals surface area (Å²) in [6.45, 7) is 1.14. The summed E-state index contributed by atoms with van der Waals surface area (Å²) < 4.78 is 9.64. The number of esters is 2. The molecule has 0 spiro atoms. The van der Waals surface area contributed by atoms with Gasteiger partial charge in [0.15, 0.2) is 12.3 Å². The predicted octanol–water partition coefficient (Wildman–Crippen LogP) is 2.16. The predicted molar refractivity (Wildman–Crippen MR) is 103 cm³/mol. The summed E-state index contributed by atoms with van der Waals surface area (Å²) in [5.74, 6) is -1.76. The molecule has 0 bridgehead atoms. The van der Waals surface area contributed by atoms with E-state index in [-0.39, 0.29) is 5.69 Å². The van der Waals surface area contributed by atoms with Crippen molar-refractivity contribution < 1.29 is 23.9 Å². The van der Waals surface area contributed by atoms with Crippen LogP contribution in [0.15, 0.2) is 54.6 Å². The Morgan fingerprint density at radius 3 is 2.31 bits per heavy atom. The standard InChI is InChI=1S/C20H18N4O5/c1-13-18(23-24(22-13)16-6-4-3-5-7-16)20(27)29-12-17(25)21-15-10-8-14(9-11-15)19(26)28-2/h3-11H,12H2,1-2H3,(H,21,25). The van der Waals surface area contributed by atoms with Gasteiger partial charge in [-0.05, 0) is 43.3 Å². The van der Waals surface area contributed by atoms with Gasteiger partial charge in [-0.15, -0.1) is 5.10 Å². The summed E-state index contributed by atoms with van der Waals surface area (Å²) in [5, 5.41) is 10.9. The third kappa shape index (κ3) is 4.83. The molecule has 0 fully saturated rings. The average molecular weight is 394 g/mol. The number of carbonyl (C=O) groups excluding carboxylic acids is 3. The van der Waals surface area contributed by atoms with Gasteiger partial charge in [-0.3, -0.25) is 4.79 Å². The molecule has 29 heavy (non-hydrogen) atoms. The molecule has 0 unspecified atom stereocenters. The molecule has 0 radical (unpaired) electrons. The number of aromatic nitrogens is 3. The third-order valence-electron chi connectivity index (χ3n) is 3.89. The number of aryl methyl sites for hydroxylation is 1. The number of anilines is 1. The van der Waals surface area contributed by atoms with Crippen LogP contribution >= 0.6 is 0 Å². The van der Waals surface area contributed by atoms with Crippen molar-refractivity contribution in [2.45, 2.75) is 6.92 Å². The van der Waals surface area contributed by atoms with E-state index < -0.39 is 24.5 Å². The number of benzene rings is 2. The zero-order valence-corrected chi connectivity index (χ0v) is 15.8. The van der Waals surface area contributed by atoms with E-state index in [1.54, 1.807) is 31.2 Å². The molecule has 0 aliphatic rings. The molecule has 0 saturated carbocycles. The van der Waals surface area contributed by atoms with Gasteiger partial charge in [-0.1, -0.05) is 18.2 Å². The van der Waals surface area contributed by atoms with E-state index >= 15 is 0 Å². The number of nitrogens with one attached hydrogen (secondary N) is 1. The first-order valence-electron chi connectivity index (χ1n) is 8.62. The van der Waals surface area contributed by atoms with Crippen LogP contribution in [0.5, 0.6) is 0 Å². The molecule has 0 atom stereocenters. The van der Waals surface area contributed by atoms with Crippen LogP contribution in [0.2, 0.25) is 0 Å². The quantitative estimate of drug-likeness (QED) is 0.638. The van der Waals surface area contributed by atoms with E-state index in [4.69, 9.17) is 4.74 Å². The molecule has 3 aromatic rings. The second kappa shape index (κ2) is 8.79. The summed E-state index contributed by atoms with van der Waals surface area (Å²) in [4.78, 5) is 37.0. The van der Waals surface area contributed by atoms with Gasteiger partial charge in [-0.25, -0.2) is 9.59 Å². The Morgan fingerprint density at radius 1 is 0.966 bits per heavy atom. The molecule has 2 aromatic carbocycles. The summed E-state index contributed by atoms with van der Waals surface area (Å²) in [6.07, 6.45) is 0. The van der Waals surface area contributed by atoms with Crippen LogP contribution in [0.3, 0.4) is 0 Å². The van der Waals surface area contributed by atoms with Crippen LogP contribution in [0.1, 0.15) is 26.5 Å². The average Bonchev–Trinajstić information content (AvgIpc) is 3.14. The molecular weight excluding hydrogens is 376 g/mol. The lowest BCUT2D eigenvalue weighted by Crippen LogP contribution is -2.21. The minimum absolute atomic E-state index is 0.0316. The first-order valence-corrected chi connectivity index (χ1v) is 8.62. The number of nitrogens with zero attached hydrogens (tertiary/aromatic N) is 3. The van der Waals surface area contributed by atoms with E-state index in [2.05, 4.69) is 20.3 Å². The van der Waals surface area contributed by atoms with E-state index in [1.807, 2.05) is 18.2 Å². The Kier molecular flexibility index (Phi) is 5.98. The van der Waals surface area contributed by atoms with Gasteiger partial charge in [0.05, 0.1) is 24.1 Å². The number of methoxy groups -OCH3 is 1. The van der Waals surface area contributed by atoms with E-state index in [1.165, 1.54) is 24.0 Å². The van der Waals surface area contributed by atoms with Crippen molar-refractivity contribution in [1.82, 2.24) is 15.0 Å². The fourth-order valence-electron chi connectivity index (χ4n) is 2.45. The number of para-hydroxylation sites is 1. The van der Waals surface area contributed by atoms with Crippen molar-refractivity contribution >= 4 is 23.5 Å². The van der Waals surface area contributed by atoms with Gasteiger partial charge in [-0.2, -0.15) is 9.90 Å². The van der Waals surface area contributed by atoms with Gasteiger partial charge in [0.1, 0.15) is 0 Å². The van der Waals surface area contributed by atoms with Gasteiger partial charge in [0.2, 0.25) is 0 Å². The fraction of sp³-hybridized carbons (Fsp3) is 0.150. The van der Waals surface area contributed by atoms with Gasteiger partial charge < -0.3 is 14.8 Å². The molecule has 0 saturated heterocycles. The normalized spacial score (nSPS) is 10.3. The maximum atomic E-state index is 12.3. The number of rotatable bonds is 6. The highest BCUT2D eigenvalue weighted by Crippen LogP contribution is 2.11. The van der Waals surface area contributed by atoms with Crippen LogP contribution in [-0.2, 0) is 14.3 Å². The highest BCUT2D eigenvalue weighted by molar-refractivity contribution is 5.96. The Morgan fingerprint density at radius 2 is 1.66 bits per heavy atom. The number of hydrogen-bond donors (Lipinski definition) is 1. The maximum absolute atomic E-state index is 12.3. The Hall–Kier alpha value is -4.01. The number of ether oxygens (including phenoxy) is 2. The minimum Gasteiger partial charge on any atom is -0.465 e. The topological polar surface area (TPSA) is 112 Å². The minimum atomic E-state index is -0.749. The summed E-state index contributed by atoms with van der Waals surface area (Å²) >= 11 is 0. The molecule has 1 aromatic heterocycles. The van der Waals surface area contributed by atoms with E-state index in [0.717, 1.165) is 0 Å². The lowest BCUT2D eigenvalue weighted by molar-refractivity contribution is -0.119. The molecule has 0 aliphatic carbocycles. The molecule has 1 heterocycles. The smallest absolute Gasteiger partial charge is 0.361 e. The van der Waals surface area contributed by atoms with E-state index in [0.29, 0.717) is 22.6 Å². The van der Waals surface area contributed by atoms with Crippen molar-refractivity contribution in [1.29, 1.82) is 0 Å². The van der Waals surface area contributed by atoms with Crippen LogP contribution in [0.4, 0.5) is 5.69 Å². The van der Waals surface area contributed by atoms with Crippen LogP contribution in [-0.4, -0.2) is 46.6 Å². The lowest BCUT2D eigenvalue weighted by atomic mass is 10.2. The Labute approximate surface area is 166 Å². The van der Waals surface area contributed by atoms with Gasteiger partial charge >= 0.3 is 11.9 Å². The largest absolute Gasteiger partial charge is 0.465 e. The summed E-state index contributed by atoms with van der Waals surface area (Å²) in [6, 6.07) is 15.2. The highest BCUT2D eigenvalue weighted by atomic mass is 16.5. The number of hydrogen-bond acceptors (Lipinski definition) is 7. The van der Waals surface area contributed by atoms with Crippen LogP contribution in [0.25, 0.3) is 5.69 Å². The fourth-order valence-corrected chi connectivity index (χ4v) is 2.45. The monoisotopic (exact) mass is 394 g/mol. The number of amides is 1. The first kappa shape index (κ1) is 19.7. The summed E-state index contributed by atoms with van der Waals surface area (Å²) in [7, 11) is 1.28. The second-order valence-corrected chi connectivity index (χ2v) is 5.95. The second-order valence-electron chi connectivity index (χ2n) is 5.95. The van der Waals surface area contributed by atoms with Crippen molar-refractivity contribution in [3.05, 3.63) is 71.5 Å². The summed E-state index contributed by atoms with van der Waals surface area (Å²) in [5.41, 5.74) is 1.92. The van der Waals surface area contributed by atoms with Crippen molar-refractivity contribution in [2.75, 3.05) is 19.0 Å². The highest BCUT2D eigenvalue weighted by Gasteiger charge is 2.19. The van der Waals surface area contributed by atoms with Crippen molar-refractivity contribution in [2.24, 2.45) is 0 Å². The molecule has 9 nitrogen and oxygen atoms in total. The zero-order valence-electron chi connectivity index (χ0n) is 15.8. The lowest BCUT2D eigenvalue weighted by Gasteiger charge is -2.06. The maximum Gasteiger partial charge on any atom is 0.361 e. The third-order valence-corrected chi connectivity index (χ3v) is 3.89. The molecule has 3 rings (SSSR count). The SMILES string of the molecule is COC(=O)c1ccc(NC(=O)COC(=O)c2nn(-c3ccccc3)nc2C)cc1. The van der Waals surface area contributed by atoms with E-state index in [9.17, 15) is 14.4 Å². The Bertz CT molecular complexity index is 1030. The molecule has 148 valence electrons. The molecule has 1 N–H and O–H groups in total. The van der Waals surface area contributed by atoms with Gasteiger partial charge in [0, 0.05) is 5.69 Å². The molecule has 1 amide bonds. The van der Waals surface area contributed by atoms with Gasteiger partial charge in [0.25, 0.3) is 5.91 Å². The number of carbonyl (C=O) groups is 3.